The smallest absolute Gasteiger partial charge is 0.355 e. The van der Waals surface area contributed by atoms with E-state index in [1.807, 2.05) is 6.07 Å². The van der Waals surface area contributed by atoms with Crippen LogP contribution in [0.2, 0.25) is 0 Å². The fourth-order valence-electron chi connectivity index (χ4n) is 2.33. The Hall–Kier alpha value is -2.92. The van der Waals surface area contributed by atoms with Crippen LogP contribution in [0.1, 0.15) is 11.1 Å². The molecule has 7 nitrogen and oxygen atoms in total. The molecule has 0 fully saturated rings. The number of halogens is 1. The Balaban J connectivity index is 2.64. The predicted molar refractivity (Wildman–Crippen MR) is 80.2 cm³/mol. The zero-order valence-corrected chi connectivity index (χ0v) is 13.4. The highest BCUT2D eigenvalue weighted by Crippen LogP contribution is 2.31. The van der Waals surface area contributed by atoms with Crippen molar-refractivity contribution in [2.24, 2.45) is 0 Å². The lowest BCUT2D eigenvalue weighted by Gasteiger charge is -2.31. The molecule has 1 aliphatic rings. The first-order valence-corrected chi connectivity index (χ1v) is 6.90. The number of benzene rings is 1. The van der Waals surface area contributed by atoms with Gasteiger partial charge in [-0.25, -0.2) is 14.0 Å². The maximum atomic E-state index is 14.6. The highest BCUT2D eigenvalue weighted by Gasteiger charge is 2.33. The van der Waals surface area contributed by atoms with Gasteiger partial charge in [-0.05, 0) is 19.1 Å². The molecule has 1 aliphatic heterocycles. The molecule has 24 heavy (non-hydrogen) atoms. The molecule has 0 amide bonds. The number of ether oxygens (including phenoxy) is 3. The van der Waals surface area contributed by atoms with Gasteiger partial charge in [0.2, 0.25) is 0 Å². The van der Waals surface area contributed by atoms with Crippen LogP contribution in [0.3, 0.4) is 0 Å². The minimum absolute atomic E-state index is 0.00648. The maximum Gasteiger partial charge on any atom is 0.355 e. The van der Waals surface area contributed by atoms with Crippen LogP contribution >= 0.6 is 0 Å². The van der Waals surface area contributed by atoms with E-state index in [0.29, 0.717) is 0 Å². The van der Waals surface area contributed by atoms with E-state index in [1.165, 1.54) is 24.0 Å². The molecule has 1 heterocycles. The van der Waals surface area contributed by atoms with E-state index in [-0.39, 0.29) is 41.4 Å². The zero-order valence-electron chi connectivity index (χ0n) is 13.4. The summed E-state index contributed by atoms with van der Waals surface area (Å²) >= 11 is 0. The number of esters is 2. The number of rotatable bonds is 3. The number of hydrogen-bond donors (Lipinski definition) is 0. The van der Waals surface area contributed by atoms with Gasteiger partial charge in [-0.2, -0.15) is 5.26 Å². The fourth-order valence-corrected chi connectivity index (χ4v) is 2.33. The van der Waals surface area contributed by atoms with Crippen LogP contribution in [-0.4, -0.2) is 39.5 Å². The number of carbonyl (C=O) groups excluding carboxylic acids is 2. The standard InChI is InChI=1S/C16H15FN2O5/c1-9-10(6-18)4-5-12(13(9)17)19-8-24-7-11(15(20)22-2)14(19)16(21)23-3/h4-5H,7-8H2,1-3H3. The Labute approximate surface area is 137 Å². The van der Waals surface area contributed by atoms with Gasteiger partial charge in [0.05, 0.1) is 43.7 Å². The van der Waals surface area contributed by atoms with Crippen molar-refractivity contribution in [3.63, 3.8) is 0 Å². The minimum atomic E-state index is -0.819. The molecule has 0 saturated carbocycles. The SMILES string of the molecule is COC(=O)C1=C(C(=O)OC)N(c2ccc(C#N)c(C)c2F)COC1. The first kappa shape index (κ1) is 17.4. The normalized spacial score (nSPS) is 14.2. The predicted octanol–water partition coefficient (Wildman–Crippen LogP) is 1.40. The average Bonchev–Trinajstić information content (AvgIpc) is 2.62. The summed E-state index contributed by atoms with van der Waals surface area (Å²) in [7, 11) is 2.31. The lowest BCUT2D eigenvalue weighted by Crippen LogP contribution is -2.39. The van der Waals surface area contributed by atoms with Gasteiger partial charge in [-0.15, -0.1) is 0 Å². The molecule has 0 aromatic heterocycles. The van der Waals surface area contributed by atoms with Crippen molar-refractivity contribution in [3.05, 3.63) is 40.3 Å². The maximum absolute atomic E-state index is 14.6. The number of hydrogen-bond acceptors (Lipinski definition) is 7. The fraction of sp³-hybridized carbons (Fsp3) is 0.312. The van der Waals surface area contributed by atoms with Crippen molar-refractivity contribution in [2.45, 2.75) is 6.92 Å². The minimum Gasteiger partial charge on any atom is -0.466 e. The summed E-state index contributed by atoms with van der Waals surface area (Å²) in [6.45, 7) is 1.13. The molecule has 0 radical (unpaired) electrons. The zero-order chi connectivity index (χ0) is 17.9. The van der Waals surface area contributed by atoms with E-state index in [4.69, 9.17) is 14.7 Å². The third-order valence-electron chi connectivity index (χ3n) is 3.61. The number of methoxy groups -OCH3 is 2. The van der Waals surface area contributed by atoms with Gasteiger partial charge in [-0.1, -0.05) is 0 Å². The first-order valence-electron chi connectivity index (χ1n) is 6.90. The van der Waals surface area contributed by atoms with Crippen LogP contribution in [0.4, 0.5) is 10.1 Å². The van der Waals surface area contributed by atoms with Gasteiger partial charge in [0.1, 0.15) is 12.4 Å². The summed E-state index contributed by atoms with van der Waals surface area (Å²) in [5.74, 6) is -2.28. The second-order valence-electron chi connectivity index (χ2n) is 4.90. The van der Waals surface area contributed by atoms with E-state index in [0.717, 1.165) is 14.2 Å². The van der Waals surface area contributed by atoms with Gasteiger partial charge < -0.3 is 19.1 Å². The summed E-state index contributed by atoms with van der Waals surface area (Å²) < 4.78 is 29.3. The quantitative estimate of drug-likeness (QED) is 0.772. The highest BCUT2D eigenvalue weighted by molar-refractivity contribution is 6.03. The molecule has 0 atom stereocenters. The first-order chi connectivity index (χ1) is 11.5. The summed E-state index contributed by atoms with van der Waals surface area (Å²) in [6, 6.07) is 4.65. The molecule has 0 bridgehead atoms. The Morgan fingerprint density at radius 2 is 1.96 bits per heavy atom. The lowest BCUT2D eigenvalue weighted by molar-refractivity contribution is -0.140. The third kappa shape index (κ3) is 2.94. The van der Waals surface area contributed by atoms with E-state index < -0.39 is 17.8 Å². The Morgan fingerprint density at radius 3 is 2.54 bits per heavy atom. The molecule has 0 aliphatic carbocycles. The molecule has 126 valence electrons. The summed E-state index contributed by atoms with van der Waals surface area (Å²) in [5, 5.41) is 8.97. The molecular formula is C16H15FN2O5. The van der Waals surface area contributed by atoms with Crippen LogP contribution in [0, 0.1) is 24.1 Å². The van der Waals surface area contributed by atoms with Crippen molar-refractivity contribution in [3.8, 4) is 6.07 Å². The van der Waals surface area contributed by atoms with Gasteiger partial charge in [0.15, 0.2) is 5.82 Å². The van der Waals surface area contributed by atoms with Crippen molar-refractivity contribution in [1.82, 2.24) is 0 Å². The Bertz CT molecular complexity index is 766. The van der Waals surface area contributed by atoms with Crippen LogP contribution in [0.5, 0.6) is 0 Å². The van der Waals surface area contributed by atoms with E-state index in [9.17, 15) is 14.0 Å². The molecule has 0 saturated heterocycles. The van der Waals surface area contributed by atoms with Crippen molar-refractivity contribution < 1.29 is 28.2 Å². The molecule has 0 N–H and O–H groups in total. The number of nitriles is 1. The van der Waals surface area contributed by atoms with Gasteiger partial charge in [0, 0.05) is 5.56 Å². The summed E-state index contributed by atoms with van der Waals surface area (Å²) in [5.41, 5.74) is 0.0685. The van der Waals surface area contributed by atoms with Crippen LogP contribution in [-0.2, 0) is 23.8 Å². The van der Waals surface area contributed by atoms with Gasteiger partial charge >= 0.3 is 11.9 Å². The van der Waals surface area contributed by atoms with Crippen LogP contribution in [0.25, 0.3) is 0 Å². The number of carbonyl (C=O) groups is 2. The molecule has 1 aromatic rings. The molecular weight excluding hydrogens is 319 g/mol. The molecule has 0 spiro atoms. The van der Waals surface area contributed by atoms with Crippen LogP contribution < -0.4 is 4.90 Å². The Morgan fingerprint density at radius 1 is 1.29 bits per heavy atom. The van der Waals surface area contributed by atoms with Gasteiger partial charge in [0.25, 0.3) is 0 Å². The van der Waals surface area contributed by atoms with E-state index in [1.54, 1.807) is 0 Å². The van der Waals surface area contributed by atoms with Crippen LogP contribution in [0.15, 0.2) is 23.4 Å². The second-order valence-corrected chi connectivity index (χ2v) is 4.90. The monoisotopic (exact) mass is 334 g/mol. The van der Waals surface area contributed by atoms with E-state index >= 15 is 0 Å². The molecule has 8 heteroatoms. The second kappa shape index (κ2) is 7.10. The summed E-state index contributed by atoms with van der Waals surface area (Å²) in [4.78, 5) is 25.2. The Kier molecular flexibility index (Phi) is 5.16. The largest absolute Gasteiger partial charge is 0.466 e. The topological polar surface area (TPSA) is 88.9 Å². The lowest BCUT2D eigenvalue weighted by atomic mass is 10.1. The van der Waals surface area contributed by atoms with Crippen molar-refractivity contribution in [1.29, 1.82) is 5.26 Å². The highest BCUT2D eigenvalue weighted by atomic mass is 19.1. The number of nitrogens with zero attached hydrogens (tertiary/aromatic N) is 2. The average molecular weight is 334 g/mol. The molecule has 0 unspecified atom stereocenters. The molecule has 1 aromatic carbocycles. The summed E-state index contributed by atoms with van der Waals surface area (Å²) in [6.07, 6.45) is 0. The van der Waals surface area contributed by atoms with Gasteiger partial charge in [-0.3, -0.25) is 0 Å². The van der Waals surface area contributed by atoms with Crippen molar-refractivity contribution >= 4 is 17.6 Å². The molecule has 2 rings (SSSR count). The van der Waals surface area contributed by atoms with Crippen molar-refractivity contribution in [2.75, 3.05) is 32.5 Å². The van der Waals surface area contributed by atoms with E-state index in [2.05, 4.69) is 4.74 Å². The number of anilines is 1. The third-order valence-corrected chi connectivity index (χ3v) is 3.61.